The average molecular weight is 286 g/mol. The number of methoxy groups -OCH3 is 2. The van der Waals surface area contributed by atoms with Gasteiger partial charge in [0.2, 0.25) is 5.79 Å². The normalized spacial score (nSPS) is 12.2. The van der Waals surface area contributed by atoms with Gasteiger partial charge in [0, 0.05) is 20.6 Å². The predicted octanol–water partition coefficient (Wildman–Crippen LogP) is 5.06. The van der Waals surface area contributed by atoms with Crippen LogP contribution in [0.15, 0.2) is 12.3 Å². The molecule has 0 radical (unpaired) electrons. The fourth-order valence-corrected chi connectivity index (χ4v) is 2.17. The highest BCUT2D eigenvalue weighted by Gasteiger charge is 2.29. The van der Waals surface area contributed by atoms with Gasteiger partial charge in [-0.3, -0.25) is 0 Å². The van der Waals surface area contributed by atoms with Crippen LogP contribution < -0.4 is 0 Å². The number of hydrogen-bond donors (Lipinski definition) is 0. The zero-order valence-corrected chi connectivity index (χ0v) is 14.0. The minimum atomic E-state index is -0.596. The summed E-state index contributed by atoms with van der Waals surface area (Å²) < 4.78 is 16.6. The van der Waals surface area contributed by atoms with Crippen molar-refractivity contribution in [1.82, 2.24) is 0 Å². The molecule has 0 spiro atoms. The summed E-state index contributed by atoms with van der Waals surface area (Å²) in [5, 5.41) is 0. The van der Waals surface area contributed by atoms with Crippen LogP contribution in [0.1, 0.15) is 71.6 Å². The fourth-order valence-electron chi connectivity index (χ4n) is 2.17. The Morgan fingerprint density at radius 1 is 0.850 bits per heavy atom. The second-order valence-corrected chi connectivity index (χ2v) is 5.28. The summed E-state index contributed by atoms with van der Waals surface area (Å²) in [5.41, 5.74) is 0. The molecule has 0 atom stereocenters. The molecule has 3 heteroatoms. The van der Waals surface area contributed by atoms with Gasteiger partial charge in [0.15, 0.2) is 0 Å². The Kier molecular flexibility index (Phi) is 13.1. The first kappa shape index (κ1) is 19.5. The van der Waals surface area contributed by atoms with E-state index in [0.29, 0.717) is 6.61 Å². The van der Waals surface area contributed by atoms with E-state index in [9.17, 15) is 0 Å². The van der Waals surface area contributed by atoms with Crippen LogP contribution in [0.5, 0.6) is 0 Å². The lowest BCUT2D eigenvalue weighted by Gasteiger charge is -2.30. The minimum Gasteiger partial charge on any atom is -0.496 e. The first-order valence-electron chi connectivity index (χ1n) is 8.11. The molecule has 0 saturated carbocycles. The second kappa shape index (κ2) is 13.4. The first-order valence-corrected chi connectivity index (χ1v) is 8.11. The van der Waals surface area contributed by atoms with Gasteiger partial charge in [0.25, 0.3) is 0 Å². The molecule has 0 aromatic heterocycles. The van der Waals surface area contributed by atoms with Gasteiger partial charge in [-0.25, -0.2) is 0 Å². The van der Waals surface area contributed by atoms with Crippen molar-refractivity contribution in [2.45, 2.75) is 77.4 Å². The molecule has 0 amide bonds. The lowest BCUT2D eigenvalue weighted by atomic mass is 10.0. The Hall–Kier alpha value is -0.540. The Morgan fingerprint density at radius 2 is 1.45 bits per heavy atom. The molecule has 0 bridgehead atoms. The van der Waals surface area contributed by atoms with Crippen molar-refractivity contribution >= 4 is 0 Å². The van der Waals surface area contributed by atoms with Crippen LogP contribution in [-0.4, -0.2) is 26.6 Å². The molecule has 0 aromatic rings. The highest BCUT2D eigenvalue weighted by molar-refractivity contribution is 4.75. The van der Waals surface area contributed by atoms with Crippen molar-refractivity contribution in [1.29, 1.82) is 0 Å². The van der Waals surface area contributed by atoms with E-state index < -0.39 is 5.79 Å². The molecule has 120 valence electrons. The molecule has 0 aliphatic heterocycles. The number of ether oxygens (including phenoxy) is 3. The molecular weight excluding hydrogens is 252 g/mol. The van der Waals surface area contributed by atoms with Crippen LogP contribution in [0.25, 0.3) is 0 Å². The van der Waals surface area contributed by atoms with Gasteiger partial charge < -0.3 is 14.2 Å². The zero-order chi connectivity index (χ0) is 15.1. The molecule has 0 rings (SSSR count). The monoisotopic (exact) mass is 286 g/mol. The maximum Gasteiger partial charge on any atom is 0.202 e. The average Bonchev–Trinajstić information content (AvgIpc) is 2.49. The highest BCUT2D eigenvalue weighted by Crippen LogP contribution is 2.21. The third kappa shape index (κ3) is 9.38. The summed E-state index contributed by atoms with van der Waals surface area (Å²) in [7, 11) is 3.38. The molecule has 0 aliphatic carbocycles. The van der Waals surface area contributed by atoms with Gasteiger partial charge in [0.1, 0.15) is 6.61 Å². The maximum atomic E-state index is 5.53. The Balaban J connectivity index is 3.85. The Morgan fingerprint density at radius 3 is 2.00 bits per heavy atom. The van der Waals surface area contributed by atoms with Crippen molar-refractivity contribution in [3.63, 3.8) is 0 Å². The molecule has 0 N–H and O–H groups in total. The standard InChI is InChI=1S/C17H34O3/c1-5-7-9-10-11-12-13-14-17(18-3,19-4)16-20-15-8-6-2/h8,15H,5-7,9-14,16H2,1-4H3. The molecule has 20 heavy (non-hydrogen) atoms. The Bertz CT molecular complexity index is 222. The van der Waals surface area contributed by atoms with Crippen LogP contribution in [0, 0.1) is 0 Å². The van der Waals surface area contributed by atoms with Crippen molar-refractivity contribution in [2.24, 2.45) is 0 Å². The third-order valence-corrected chi connectivity index (χ3v) is 3.64. The van der Waals surface area contributed by atoms with Crippen molar-refractivity contribution in [3.8, 4) is 0 Å². The van der Waals surface area contributed by atoms with Crippen LogP contribution >= 0.6 is 0 Å². The fraction of sp³-hybridized carbons (Fsp3) is 0.882. The van der Waals surface area contributed by atoms with E-state index in [0.717, 1.165) is 19.3 Å². The molecule has 0 aliphatic rings. The van der Waals surface area contributed by atoms with Gasteiger partial charge in [-0.2, -0.15) is 0 Å². The van der Waals surface area contributed by atoms with E-state index in [1.807, 2.05) is 6.08 Å². The van der Waals surface area contributed by atoms with Gasteiger partial charge in [0.05, 0.1) is 6.26 Å². The van der Waals surface area contributed by atoms with Gasteiger partial charge in [-0.05, 0) is 12.8 Å². The van der Waals surface area contributed by atoms with Crippen LogP contribution in [0.4, 0.5) is 0 Å². The largest absolute Gasteiger partial charge is 0.496 e. The molecule has 0 unspecified atom stereocenters. The van der Waals surface area contributed by atoms with E-state index in [-0.39, 0.29) is 0 Å². The topological polar surface area (TPSA) is 27.7 Å². The van der Waals surface area contributed by atoms with Gasteiger partial charge >= 0.3 is 0 Å². The second-order valence-electron chi connectivity index (χ2n) is 5.28. The predicted molar refractivity (Wildman–Crippen MR) is 84.7 cm³/mol. The van der Waals surface area contributed by atoms with E-state index >= 15 is 0 Å². The van der Waals surface area contributed by atoms with E-state index in [1.165, 1.54) is 38.5 Å². The van der Waals surface area contributed by atoms with Crippen LogP contribution in [0.2, 0.25) is 0 Å². The highest BCUT2D eigenvalue weighted by atomic mass is 16.7. The summed E-state index contributed by atoms with van der Waals surface area (Å²) in [4.78, 5) is 0. The molecule has 0 heterocycles. The number of rotatable bonds is 14. The maximum absolute atomic E-state index is 5.53. The van der Waals surface area contributed by atoms with E-state index in [1.54, 1.807) is 20.5 Å². The molecule has 0 saturated heterocycles. The van der Waals surface area contributed by atoms with Crippen molar-refractivity contribution < 1.29 is 14.2 Å². The SMILES string of the molecule is CCC=COCC(CCCCCCCCC)(OC)OC. The lowest BCUT2D eigenvalue weighted by Crippen LogP contribution is -2.38. The quantitative estimate of drug-likeness (QED) is 0.254. The Labute approximate surface area is 125 Å². The van der Waals surface area contributed by atoms with Crippen molar-refractivity contribution in [3.05, 3.63) is 12.3 Å². The molecule has 0 aromatic carbocycles. The summed E-state index contributed by atoms with van der Waals surface area (Å²) in [6.07, 6.45) is 14.6. The first-order chi connectivity index (χ1) is 9.74. The van der Waals surface area contributed by atoms with E-state index in [2.05, 4.69) is 13.8 Å². The van der Waals surface area contributed by atoms with Crippen LogP contribution in [-0.2, 0) is 14.2 Å². The van der Waals surface area contributed by atoms with Gasteiger partial charge in [-0.15, -0.1) is 0 Å². The number of allylic oxidation sites excluding steroid dienone is 1. The minimum absolute atomic E-state index is 0.451. The number of hydrogen-bond acceptors (Lipinski definition) is 3. The third-order valence-electron chi connectivity index (χ3n) is 3.64. The molecular formula is C17H34O3. The summed E-state index contributed by atoms with van der Waals surface area (Å²) in [6, 6.07) is 0. The van der Waals surface area contributed by atoms with Gasteiger partial charge in [-0.1, -0.05) is 58.4 Å². The van der Waals surface area contributed by atoms with Crippen molar-refractivity contribution in [2.75, 3.05) is 20.8 Å². The smallest absolute Gasteiger partial charge is 0.202 e. The van der Waals surface area contributed by atoms with Crippen LogP contribution in [0.3, 0.4) is 0 Å². The van der Waals surface area contributed by atoms with E-state index in [4.69, 9.17) is 14.2 Å². The summed E-state index contributed by atoms with van der Waals surface area (Å²) in [6.45, 7) is 4.78. The summed E-state index contributed by atoms with van der Waals surface area (Å²) in [5.74, 6) is -0.596. The zero-order valence-electron chi connectivity index (χ0n) is 14.0. The molecule has 0 fully saturated rings. The lowest BCUT2D eigenvalue weighted by molar-refractivity contribution is -0.232. The summed E-state index contributed by atoms with van der Waals surface area (Å²) >= 11 is 0. The number of unbranched alkanes of at least 4 members (excludes halogenated alkanes) is 6. The molecule has 3 nitrogen and oxygen atoms in total.